The number of rotatable bonds is 6. The standard InChI is InChI=1S/C24H26FN5O3/c1-14(2)12-26-21(31)17-8-9-19-20(11-17)30-23(29(15(3)4)22(19)32)27-28(24(30)33)13-16-6-5-7-18(25)10-16/h5-11,14-15H,12-13H2,1-4H3,(H,26,31). The first-order valence-electron chi connectivity index (χ1n) is 10.9. The first kappa shape index (κ1) is 22.4. The molecule has 0 bridgehead atoms. The number of carbonyl (C=O) groups is 1. The Labute approximate surface area is 189 Å². The second-order valence-electron chi connectivity index (χ2n) is 8.81. The average molecular weight is 452 g/mol. The van der Waals surface area contributed by atoms with E-state index in [1.807, 2.05) is 27.7 Å². The number of amides is 1. The maximum absolute atomic E-state index is 13.6. The van der Waals surface area contributed by atoms with Crippen LogP contribution in [0, 0.1) is 11.7 Å². The Morgan fingerprint density at radius 3 is 2.52 bits per heavy atom. The molecule has 1 amide bonds. The molecule has 0 atom stereocenters. The van der Waals surface area contributed by atoms with E-state index in [0.29, 0.717) is 28.6 Å². The Morgan fingerprint density at radius 2 is 1.85 bits per heavy atom. The topological polar surface area (TPSA) is 90.4 Å². The summed E-state index contributed by atoms with van der Waals surface area (Å²) >= 11 is 0. The fourth-order valence-corrected chi connectivity index (χ4v) is 3.80. The van der Waals surface area contributed by atoms with Gasteiger partial charge in [-0.2, -0.15) is 0 Å². The summed E-state index contributed by atoms with van der Waals surface area (Å²) in [4.78, 5) is 39.2. The number of nitrogens with zero attached hydrogens (tertiary/aromatic N) is 4. The first-order valence-corrected chi connectivity index (χ1v) is 10.9. The second-order valence-corrected chi connectivity index (χ2v) is 8.81. The number of hydrogen-bond acceptors (Lipinski definition) is 4. The van der Waals surface area contributed by atoms with Crippen LogP contribution in [0.2, 0.25) is 0 Å². The van der Waals surface area contributed by atoms with Gasteiger partial charge in [-0.3, -0.25) is 14.2 Å². The van der Waals surface area contributed by atoms with E-state index in [1.165, 1.54) is 25.8 Å². The molecule has 1 N–H and O–H groups in total. The Bertz CT molecular complexity index is 1480. The first-order chi connectivity index (χ1) is 15.7. The predicted octanol–water partition coefficient (Wildman–Crippen LogP) is 2.97. The molecule has 0 aliphatic carbocycles. The number of aromatic nitrogens is 4. The molecule has 9 heteroatoms. The molecular formula is C24H26FN5O3. The molecule has 0 saturated carbocycles. The SMILES string of the molecule is CC(C)CNC(=O)c1ccc2c(=O)n(C(C)C)c3nn(Cc4cccc(F)c4)c(=O)n3c2c1. The lowest BCUT2D eigenvalue weighted by molar-refractivity contribution is 0.0949. The van der Waals surface area contributed by atoms with Crippen LogP contribution in [0.5, 0.6) is 0 Å². The van der Waals surface area contributed by atoms with Gasteiger partial charge in [0.15, 0.2) is 0 Å². The fraction of sp³-hybridized carbons (Fsp3) is 0.333. The quantitative estimate of drug-likeness (QED) is 0.488. The predicted molar refractivity (Wildman–Crippen MR) is 124 cm³/mol. The van der Waals surface area contributed by atoms with Crippen LogP contribution >= 0.6 is 0 Å². The van der Waals surface area contributed by atoms with Crippen molar-refractivity contribution >= 4 is 22.6 Å². The largest absolute Gasteiger partial charge is 0.352 e. The highest BCUT2D eigenvalue weighted by Gasteiger charge is 2.20. The van der Waals surface area contributed by atoms with E-state index in [9.17, 15) is 18.8 Å². The monoisotopic (exact) mass is 451 g/mol. The van der Waals surface area contributed by atoms with Gasteiger partial charge < -0.3 is 5.32 Å². The third-order valence-electron chi connectivity index (χ3n) is 5.40. The van der Waals surface area contributed by atoms with E-state index in [4.69, 9.17) is 0 Å². The van der Waals surface area contributed by atoms with Crippen LogP contribution in [0.25, 0.3) is 16.7 Å². The number of carbonyl (C=O) groups excluding carboxylic acids is 1. The van der Waals surface area contributed by atoms with Crippen molar-refractivity contribution < 1.29 is 9.18 Å². The summed E-state index contributed by atoms with van der Waals surface area (Å²) in [5.74, 6) is -0.246. The van der Waals surface area contributed by atoms with Gasteiger partial charge in [0.2, 0.25) is 5.78 Å². The van der Waals surface area contributed by atoms with E-state index >= 15 is 0 Å². The van der Waals surface area contributed by atoms with Crippen molar-refractivity contribution in [1.82, 2.24) is 24.1 Å². The lowest BCUT2D eigenvalue weighted by Gasteiger charge is -2.13. The summed E-state index contributed by atoms with van der Waals surface area (Å²) in [5.41, 5.74) is 0.436. The van der Waals surface area contributed by atoms with E-state index in [2.05, 4.69) is 10.4 Å². The van der Waals surface area contributed by atoms with Gasteiger partial charge in [0.1, 0.15) is 5.82 Å². The molecule has 2 aromatic heterocycles. The minimum Gasteiger partial charge on any atom is -0.352 e. The molecule has 4 aromatic rings. The zero-order valence-electron chi connectivity index (χ0n) is 19.0. The average Bonchev–Trinajstić information content (AvgIpc) is 3.07. The van der Waals surface area contributed by atoms with E-state index in [-0.39, 0.29) is 35.7 Å². The van der Waals surface area contributed by atoms with Gasteiger partial charge in [0.05, 0.1) is 17.4 Å². The number of benzene rings is 2. The van der Waals surface area contributed by atoms with Crippen molar-refractivity contribution in [3.05, 3.63) is 80.2 Å². The Balaban J connectivity index is 1.95. The van der Waals surface area contributed by atoms with Crippen LogP contribution in [0.4, 0.5) is 4.39 Å². The Morgan fingerprint density at radius 1 is 1.09 bits per heavy atom. The van der Waals surface area contributed by atoms with Crippen molar-refractivity contribution in [2.45, 2.75) is 40.3 Å². The molecule has 0 aliphatic heterocycles. The summed E-state index contributed by atoms with van der Waals surface area (Å²) in [5, 5.41) is 7.57. The minimum absolute atomic E-state index is 0.0423. The number of halogens is 1. The molecule has 0 fully saturated rings. The van der Waals surface area contributed by atoms with Crippen molar-refractivity contribution in [2.75, 3.05) is 6.54 Å². The molecule has 33 heavy (non-hydrogen) atoms. The maximum Gasteiger partial charge on any atom is 0.352 e. The van der Waals surface area contributed by atoms with E-state index in [0.717, 1.165) is 0 Å². The van der Waals surface area contributed by atoms with Gasteiger partial charge in [-0.05, 0) is 55.7 Å². The highest BCUT2D eigenvalue weighted by atomic mass is 19.1. The van der Waals surface area contributed by atoms with Gasteiger partial charge >= 0.3 is 5.69 Å². The van der Waals surface area contributed by atoms with E-state index < -0.39 is 11.5 Å². The van der Waals surface area contributed by atoms with Crippen molar-refractivity contribution in [3.63, 3.8) is 0 Å². The molecule has 0 spiro atoms. The lowest BCUT2D eigenvalue weighted by Crippen LogP contribution is -2.29. The third kappa shape index (κ3) is 4.18. The Kier molecular flexibility index (Phi) is 5.88. The molecule has 2 heterocycles. The molecule has 0 aliphatic rings. The fourth-order valence-electron chi connectivity index (χ4n) is 3.80. The zero-order valence-corrected chi connectivity index (χ0v) is 19.0. The van der Waals surface area contributed by atoms with Gasteiger partial charge in [-0.15, -0.1) is 5.10 Å². The highest BCUT2D eigenvalue weighted by Crippen LogP contribution is 2.17. The molecule has 0 radical (unpaired) electrons. The van der Waals surface area contributed by atoms with E-state index in [1.54, 1.807) is 30.3 Å². The van der Waals surface area contributed by atoms with Crippen molar-refractivity contribution in [3.8, 4) is 0 Å². The molecule has 4 rings (SSSR count). The normalized spacial score (nSPS) is 11.7. The zero-order chi connectivity index (χ0) is 23.9. The van der Waals surface area contributed by atoms with Crippen molar-refractivity contribution in [2.24, 2.45) is 5.92 Å². The van der Waals surface area contributed by atoms with Crippen molar-refractivity contribution in [1.29, 1.82) is 0 Å². The van der Waals surface area contributed by atoms with Gasteiger partial charge in [-0.25, -0.2) is 18.3 Å². The van der Waals surface area contributed by atoms with Crippen LogP contribution in [0.3, 0.4) is 0 Å². The summed E-state index contributed by atoms with van der Waals surface area (Å²) in [7, 11) is 0. The molecule has 8 nitrogen and oxygen atoms in total. The summed E-state index contributed by atoms with van der Waals surface area (Å²) < 4.78 is 17.6. The van der Waals surface area contributed by atoms with Crippen LogP contribution in [-0.2, 0) is 6.54 Å². The molecule has 2 aromatic carbocycles. The Hall–Kier alpha value is -3.75. The summed E-state index contributed by atoms with van der Waals surface area (Å²) in [6.07, 6.45) is 0. The third-order valence-corrected chi connectivity index (χ3v) is 5.40. The van der Waals surface area contributed by atoms with Gasteiger partial charge in [-0.1, -0.05) is 26.0 Å². The molecule has 0 saturated heterocycles. The number of nitrogens with one attached hydrogen (secondary N) is 1. The highest BCUT2D eigenvalue weighted by molar-refractivity contribution is 5.98. The lowest BCUT2D eigenvalue weighted by atomic mass is 10.1. The number of hydrogen-bond donors (Lipinski definition) is 1. The van der Waals surface area contributed by atoms with Crippen LogP contribution in [0.1, 0.15) is 49.7 Å². The summed E-state index contributed by atoms with van der Waals surface area (Å²) in [6.45, 7) is 8.19. The minimum atomic E-state index is -0.478. The molecular weight excluding hydrogens is 425 g/mol. The smallest absolute Gasteiger partial charge is 0.352 e. The molecule has 172 valence electrons. The van der Waals surface area contributed by atoms with Crippen LogP contribution in [-0.4, -0.2) is 31.2 Å². The van der Waals surface area contributed by atoms with Crippen LogP contribution in [0.15, 0.2) is 52.1 Å². The maximum atomic E-state index is 13.6. The van der Waals surface area contributed by atoms with Gasteiger partial charge in [0.25, 0.3) is 11.5 Å². The second kappa shape index (κ2) is 8.65. The van der Waals surface area contributed by atoms with Gasteiger partial charge in [0, 0.05) is 18.2 Å². The van der Waals surface area contributed by atoms with Crippen LogP contribution < -0.4 is 16.6 Å². The number of fused-ring (bicyclic) bond motifs is 3. The molecule has 0 unspecified atom stereocenters. The summed E-state index contributed by atoms with van der Waals surface area (Å²) in [6, 6.07) is 10.3.